The fourth-order valence-corrected chi connectivity index (χ4v) is 8.04. The molecule has 5 unspecified atom stereocenters. The fourth-order valence-electron chi connectivity index (χ4n) is 7.81. The summed E-state index contributed by atoms with van der Waals surface area (Å²) in [6.07, 6.45) is 6.03. The number of amides is 8. The van der Waals surface area contributed by atoms with Crippen LogP contribution in [0.25, 0.3) is 0 Å². The summed E-state index contributed by atoms with van der Waals surface area (Å²) < 4.78 is 0. The smallest absolute Gasteiger partial charge is 0.326 e. The monoisotopic (exact) mass is 1150 g/mol. The van der Waals surface area contributed by atoms with Crippen LogP contribution in [0.4, 0.5) is 4.79 Å². The van der Waals surface area contributed by atoms with Gasteiger partial charge in [-0.3, -0.25) is 43.2 Å². The first-order valence-electron chi connectivity index (χ1n) is 25.1. The maximum atomic E-state index is 13.2. The topological polar surface area (TPSA) is 394 Å². The number of rotatable bonds is 40. The second-order valence-electron chi connectivity index (χ2n) is 18.2. The molecule has 1 aliphatic rings. The van der Waals surface area contributed by atoms with Crippen LogP contribution >= 0.6 is 0 Å². The molecule has 0 bridgehead atoms. The number of carboxylic acids is 4. The van der Waals surface area contributed by atoms with E-state index >= 15 is 0 Å². The van der Waals surface area contributed by atoms with Crippen molar-refractivity contribution in [3.8, 4) is 0 Å². The number of ketones is 1. The van der Waals surface area contributed by atoms with E-state index < -0.39 is 103 Å². The number of hydrogen-bond donors (Lipinski definition) is 13. The Morgan fingerprint density at radius 3 is 1.49 bits per heavy atom. The largest absolute Gasteiger partial charge is 0.790 e. The van der Waals surface area contributed by atoms with E-state index in [0.717, 1.165) is 19.4 Å². The van der Waals surface area contributed by atoms with Crippen molar-refractivity contribution in [1.82, 2.24) is 47.9 Å². The molecule has 1 radical (unpaired) electrons. The van der Waals surface area contributed by atoms with Crippen LogP contribution < -0.4 is 47.9 Å². The zero-order valence-corrected chi connectivity index (χ0v) is 46.3. The average molecular weight is 1150 g/mol. The zero-order chi connectivity index (χ0) is 54.7. The van der Waals surface area contributed by atoms with Crippen molar-refractivity contribution in [1.29, 1.82) is 0 Å². The van der Waals surface area contributed by atoms with Crippen LogP contribution in [0.2, 0.25) is 0 Å². The molecule has 0 aromatic carbocycles. The maximum absolute atomic E-state index is 13.2. The van der Waals surface area contributed by atoms with Gasteiger partial charge in [-0.15, -0.1) is 5.75 Å². The minimum Gasteiger partial charge on any atom is -0.790 e. The van der Waals surface area contributed by atoms with Crippen LogP contribution in [0.1, 0.15) is 142 Å². The third-order valence-corrected chi connectivity index (χ3v) is 12.5. The van der Waals surface area contributed by atoms with Gasteiger partial charge in [-0.05, 0) is 116 Å². The third kappa shape index (κ3) is 32.4. The van der Waals surface area contributed by atoms with Gasteiger partial charge in [0.05, 0.1) is 12.1 Å². The summed E-state index contributed by atoms with van der Waals surface area (Å²) in [5, 5.41) is 60.1. The van der Waals surface area contributed by atoms with Crippen LogP contribution in [-0.4, -0.2) is 161 Å². The molecule has 1 fully saturated rings. The molecule has 0 heterocycles. The van der Waals surface area contributed by atoms with Gasteiger partial charge in [-0.25, -0.2) is 14.4 Å². The van der Waals surface area contributed by atoms with Crippen molar-refractivity contribution in [3.05, 3.63) is 0 Å². The van der Waals surface area contributed by atoms with Crippen molar-refractivity contribution in [2.45, 2.75) is 172 Å². The van der Waals surface area contributed by atoms with Crippen LogP contribution in [0.15, 0.2) is 0 Å². The normalized spacial score (nSPS) is 15.9. The molecule has 8 amide bonds. The Kier molecular flexibility index (Phi) is 37.7. The molecule has 27 heteroatoms. The quantitative estimate of drug-likeness (QED) is 0.0283. The molecule has 0 aromatic heterocycles. The predicted molar refractivity (Wildman–Crippen MR) is 265 cm³/mol. The van der Waals surface area contributed by atoms with Crippen LogP contribution in [0, 0.1) is 11.8 Å². The SMILES string of the molecule is CNCCCCC(NC(=O)CCCCCNC(=O)C(C[S-])NC(=O)C(CCC(=O)O)NC(=O)CCCCCNC(=O)C1CCC(CNC(=O)CCC(NC(=O)NC(CCC(=O)O)C(=O)O)C(=O)O)CC1)C(C)=O.[Y]. The van der Waals surface area contributed by atoms with E-state index in [-0.39, 0.29) is 107 Å². The predicted octanol–water partition coefficient (Wildman–Crippen LogP) is -0.0449. The molecule has 74 heavy (non-hydrogen) atoms. The second-order valence-corrected chi connectivity index (χ2v) is 18.5. The van der Waals surface area contributed by atoms with E-state index in [1.165, 1.54) is 6.92 Å². The summed E-state index contributed by atoms with van der Waals surface area (Å²) in [5.41, 5.74) is 0. The summed E-state index contributed by atoms with van der Waals surface area (Å²) >= 11 is 5.10. The minimum absolute atomic E-state index is 0. The van der Waals surface area contributed by atoms with Crippen molar-refractivity contribution in [2.24, 2.45) is 11.8 Å². The van der Waals surface area contributed by atoms with Crippen LogP contribution in [0.5, 0.6) is 0 Å². The number of urea groups is 1. The first-order valence-corrected chi connectivity index (χ1v) is 25.6. The summed E-state index contributed by atoms with van der Waals surface area (Å²) in [5.74, 6) is -8.45. The first kappa shape index (κ1) is 69.1. The summed E-state index contributed by atoms with van der Waals surface area (Å²) in [7, 11) is 1.85. The van der Waals surface area contributed by atoms with Crippen molar-refractivity contribution in [3.63, 3.8) is 0 Å². The van der Waals surface area contributed by atoms with Gasteiger partial charge in [-0.1, -0.05) is 12.8 Å². The number of carbonyl (C=O) groups is 12. The van der Waals surface area contributed by atoms with Crippen LogP contribution in [0.3, 0.4) is 0 Å². The number of aliphatic carboxylic acids is 4. The van der Waals surface area contributed by atoms with Gasteiger partial charge in [0.2, 0.25) is 35.4 Å². The minimum atomic E-state index is -1.56. The Balaban J connectivity index is 0.0000533. The van der Waals surface area contributed by atoms with E-state index in [1.54, 1.807) is 0 Å². The average Bonchev–Trinajstić information content (AvgIpc) is 3.33. The Morgan fingerprint density at radius 2 is 0.986 bits per heavy atom. The maximum Gasteiger partial charge on any atom is 0.326 e. The number of carboxylic acid groups (broad SMARTS) is 4. The van der Waals surface area contributed by atoms with Gasteiger partial charge in [0.15, 0.2) is 5.78 Å². The van der Waals surface area contributed by atoms with E-state index in [9.17, 15) is 72.9 Å². The summed E-state index contributed by atoms with van der Waals surface area (Å²) in [4.78, 5) is 146. The van der Waals surface area contributed by atoms with E-state index in [2.05, 4.69) is 42.5 Å². The molecular weight excluding hydrogens is 1070 g/mol. The van der Waals surface area contributed by atoms with Gasteiger partial charge in [0, 0.05) is 90.4 Å². The molecule has 0 spiro atoms. The van der Waals surface area contributed by atoms with Gasteiger partial charge in [-0.2, -0.15) is 0 Å². The molecule has 417 valence electrons. The standard InChI is InChI=1S/C47H79N9O16S.Y/c1-29(57)32(11-7-10-24-48-2)52-38(59)12-5-4-9-26-50-43(66)36(28-73)54-44(67)33(19-22-40(61)62)53-39(60)13-6-3-8-25-49-42(65)31-16-14-30(15-17-31)27-51-37(58)21-18-34(45(68)69)55-47(72)56-35(46(70)71)20-23-41(63)64;/h30-36,48,73H,3-28H2,1-2H3,(H,49,65)(H,50,66)(H,51,58)(H,52,59)(H,53,60)(H,54,67)(H,61,62)(H,63,64)(H,68,69)(H,70,71)(H2,55,56,72);/p-1. The van der Waals surface area contributed by atoms with Crippen molar-refractivity contribution < 1.29 is 111 Å². The molecule has 0 aliphatic heterocycles. The Labute approximate surface area is 462 Å². The summed E-state index contributed by atoms with van der Waals surface area (Å²) in [6, 6.07) is -7.11. The second kappa shape index (κ2) is 40.4. The number of Topliss-reactive ketones (excluding diaryl/α,β-unsaturated/α-hetero) is 1. The van der Waals surface area contributed by atoms with Gasteiger partial charge < -0.3 is 80.9 Å². The fraction of sp³-hybridized carbons (Fsp3) is 0.745. The Morgan fingerprint density at radius 1 is 0.486 bits per heavy atom. The van der Waals surface area contributed by atoms with E-state index in [4.69, 9.17) is 17.7 Å². The molecule has 1 rings (SSSR count). The number of carbonyl (C=O) groups excluding carboxylic acids is 8. The van der Waals surface area contributed by atoms with Gasteiger partial charge in [0.25, 0.3) is 0 Å². The molecule has 13 N–H and O–H groups in total. The molecule has 25 nitrogen and oxygen atoms in total. The molecule has 1 saturated carbocycles. The number of hydrogen-bond acceptors (Lipinski definition) is 14. The van der Waals surface area contributed by atoms with E-state index in [1.807, 2.05) is 12.4 Å². The molecular formula is C47H78N9O16SY-. The molecule has 5 atom stereocenters. The Hall–Kier alpha value is -4.95. The van der Waals surface area contributed by atoms with Crippen molar-refractivity contribution in [2.75, 3.05) is 39.0 Å². The number of unbranched alkanes of at least 4 members (excludes halogenated alkanes) is 5. The Bertz CT molecular complexity index is 1840. The van der Waals surface area contributed by atoms with Gasteiger partial charge in [0.1, 0.15) is 18.1 Å². The third-order valence-electron chi connectivity index (χ3n) is 12.2. The van der Waals surface area contributed by atoms with E-state index in [0.29, 0.717) is 83.7 Å². The molecule has 0 aromatic rings. The van der Waals surface area contributed by atoms with Crippen molar-refractivity contribution >= 4 is 83.8 Å². The first-order chi connectivity index (χ1) is 34.7. The molecule has 0 saturated heterocycles. The van der Waals surface area contributed by atoms with Gasteiger partial charge >= 0.3 is 29.9 Å². The number of nitrogens with one attached hydrogen (secondary N) is 9. The zero-order valence-electron chi connectivity index (χ0n) is 42.6. The summed E-state index contributed by atoms with van der Waals surface area (Å²) in [6.45, 7) is 3.18. The molecule has 1 aliphatic carbocycles. The van der Waals surface area contributed by atoms with Crippen LogP contribution in [-0.2, 0) is 98.1 Å².